The highest BCUT2D eigenvalue weighted by Gasteiger charge is 2.24. The van der Waals surface area contributed by atoms with E-state index in [2.05, 4.69) is 25.8 Å². The molecule has 1 aromatic heterocycles. The van der Waals surface area contributed by atoms with Gasteiger partial charge in [0.15, 0.2) is 0 Å². The Labute approximate surface area is 149 Å². The molecule has 0 bridgehead atoms. The summed E-state index contributed by atoms with van der Waals surface area (Å²) in [6, 6.07) is 7.82. The lowest BCUT2D eigenvalue weighted by atomic mass is 9.97. The smallest absolute Gasteiger partial charge is 0.306 e. The molecule has 1 fully saturated rings. The van der Waals surface area contributed by atoms with E-state index >= 15 is 0 Å². The van der Waals surface area contributed by atoms with Crippen LogP contribution in [-0.4, -0.2) is 34.0 Å². The zero-order chi connectivity index (χ0) is 15.5. The first kappa shape index (κ1) is 18.0. The van der Waals surface area contributed by atoms with E-state index in [4.69, 9.17) is 9.52 Å². The lowest BCUT2D eigenvalue weighted by Gasteiger charge is -2.29. The van der Waals surface area contributed by atoms with Crippen molar-refractivity contribution in [3.63, 3.8) is 0 Å². The number of carbonyl (C=O) groups is 1. The van der Waals surface area contributed by atoms with Gasteiger partial charge in [-0.25, -0.2) is 4.98 Å². The number of likely N-dealkylation sites (tertiary alicyclic amines) is 1. The van der Waals surface area contributed by atoms with E-state index in [-0.39, 0.29) is 18.3 Å². The molecule has 1 aromatic carbocycles. The molecular weight excluding hydrogens is 384 g/mol. The van der Waals surface area contributed by atoms with Crippen LogP contribution in [0, 0.1) is 5.92 Å². The summed E-state index contributed by atoms with van der Waals surface area (Å²) in [7, 11) is 0. The Morgan fingerprint density at radius 3 is 2.57 bits per heavy atom. The van der Waals surface area contributed by atoms with Crippen molar-refractivity contribution in [2.45, 2.75) is 19.4 Å². The highest BCUT2D eigenvalue weighted by Crippen LogP contribution is 2.23. The van der Waals surface area contributed by atoms with E-state index in [1.165, 1.54) is 0 Å². The van der Waals surface area contributed by atoms with E-state index in [0.29, 0.717) is 25.3 Å². The highest BCUT2D eigenvalue weighted by atomic mass is 79.9. The Hall–Kier alpha value is -1.37. The van der Waals surface area contributed by atoms with Gasteiger partial charge in [-0.1, -0.05) is 15.9 Å². The van der Waals surface area contributed by atoms with Crippen LogP contribution in [0.5, 0.6) is 0 Å². The van der Waals surface area contributed by atoms with Crippen molar-refractivity contribution in [2.24, 2.45) is 5.92 Å². The Morgan fingerprint density at radius 1 is 1.30 bits per heavy atom. The average Bonchev–Trinajstić information content (AvgIpc) is 2.97. The van der Waals surface area contributed by atoms with E-state index in [1.54, 1.807) is 6.26 Å². The molecule has 1 saturated heterocycles. The minimum absolute atomic E-state index is 0. The van der Waals surface area contributed by atoms with Gasteiger partial charge < -0.3 is 9.52 Å². The first-order valence-corrected chi connectivity index (χ1v) is 8.06. The van der Waals surface area contributed by atoms with Crippen molar-refractivity contribution in [1.82, 2.24) is 9.88 Å². The number of oxazole rings is 1. The Morgan fingerprint density at radius 2 is 1.96 bits per heavy atom. The maximum absolute atomic E-state index is 11.0. The molecule has 2 heterocycles. The summed E-state index contributed by atoms with van der Waals surface area (Å²) in [5.41, 5.74) is 1.82. The predicted molar refractivity (Wildman–Crippen MR) is 92.5 cm³/mol. The Bertz CT molecular complexity index is 652. The summed E-state index contributed by atoms with van der Waals surface area (Å²) in [5, 5.41) is 9.01. The fourth-order valence-corrected chi connectivity index (χ4v) is 2.94. The van der Waals surface area contributed by atoms with Crippen LogP contribution >= 0.6 is 28.3 Å². The molecule has 1 aliphatic rings. The highest BCUT2D eigenvalue weighted by molar-refractivity contribution is 9.10. The number of hydrogen-bond donors (Lipinski definition) is 1. The lowest BCUT2D eigenvalue weighted by molar-refractivity contribution is -0.143. The summed E-state index contributed by atoms with van der Waals surface area (Å²) in [5.74, 6) is -0.270. The van der Waals surface area contributed by atoms with E-state index in [9.17, 15) is 4.79 Å². The number of aliphatic carboxylic acids is 1. The second kappa shape index (κ2) is 7.95. The molecule has 0 amide bonds. The fourth-order valence-electron chi connectivity index (χ4n) is 2.67. The van der Waals surface area contributed by atoms with Gasteiger partial charge in [-0.15, -0.1) is 12.4 Å². The standard InChI is InChI=1S/C16H17BrN2O3.ClH/c17-13-3-1-11(2-4-13)15-18-14(10-22-15)9-19-7-5-12(6-8-19)16(20)21;/h1-4,10,12H,5-9H2,(H,20,21);1H. The maximum atomic E-state index is 11.0. The van der Waals surface area contributed by atoms with Crippen molar-refractivity contribution in [1.29, 1.82) is 0 Å². The van der Waals surface area contributed by atoms with Crippen molar-refractivity contribution >= 4 is 34.3 Å². The number of aromatic nitrogens is 1. The molecule has 0 saturated carbocycles. The molecule has 23 heavy (non-hydrogen) atoms. The second-order valence-corrected chi connectivity index (χ2v) is 6.46. The zero-order valence-electron chi connectivity index (χ0n) is 12.4. The largest absolute Gasteiger partial charge is 0.481 e. The topological polar surface area (TPSA) is 66.6 Å². The summed E-state index contributed by atoms with van der Waals surface area (Å²) in [6.45, 7) is 2.28. The number of halogens is 2. The molecule has 0 aliphatic carbocycles. The van der Waals surface area contributed by atoms with Crippen LogP contribution in [0.1, 0.15) is 18.5 Å². The summed E-state index contributed by atoms with van der Waals surface area (Å²) in [6.07, 6.45) is 3.08. The number of piperidine rings is 1. The Balaban J connectivity index is 0.00000192. The van der Waals surface area contributed by atoms with Gasteiger partial charge in [0.05, 0.1) is 11.6 Å². The number of carboxylic acid groups (broad SMARTS) is 1. The van der Waals surface area contributed by atoms with Gasteiger partial charge in [0.2, 0.25) is 5.89 Å². The van der Waals surface area contributed by atoms with Gasteiger partial charge in [0, 0.05) is 16.6 Å². The monoisotopic (exact) mass is 400 g/mol. The van der Waals surface area contributed by atoms with Gasteiger partial charge >= 0.3 is 5.97 Å². The van der Waals surface area contributed by atoms with Crippen LogP contribution in [0.2, 0.25) is 0 Å². The molecule has 0 radical (unpaired) electrons. The average molecular weight is 402 g/mol. The summed E-state index contributed by atoms with van der Waals surface area (Å²) in [4.78, 5) is 17.7. The minimum Gasteiger partial charge on any atom is -0.481 e. The summed E-state index contributed by atoms with van der Waals surface area (Å²) >= 11 is 3.40. The molecule has 124 valence electrons. The maximum Gasteiger partial charge on any atom is 0.306 e. The van der Waals surface area contributed by atoms with Crippen molar-refractivity contribution < 1.29 is 14.3 Å². The molecule has 0 spiro atoms. The van der Waals surface area contributed by atoms with Crippen molar-refractivity contribution in [2.75, 3.05) is 13.1 Å². The molecule has 0 atom stereocenters. The molecule has 1 aliphatic heterocycles. The Kier molecular flexibility index (Phi) is 6.21. The first-order chi connectivity index (χ1) is 10.6. The molecule has 3 rings (SSSR count). The molecule has 0 unspecified atom stereocenters. The third kappa shape index (κ3) is 4.56. The normalized spacial score (nSPS) is 16.0. The molecule has 1 N–H and O–H groups in total. The van der Waals surface area contributed by atoms with Gasteiger partial charge in [0.25, 0.3) is 0 Å². The molecule has 5 nitrogen and oxygen atoms in total. The molecule has 2 aromatic rings. The number of hydrogen-bond acceptors (Lipinski definition) is 4. The first-order valence-electron chi connectivity index (χ1n) is 7.27. The van der Waals surface area contributed by atoms with Gasteiger partial charge in [-0.05, 0) is 50.2 Å². The predicted octanol–water partition coefficient (Wildman–Crippen LogP) is 3.82. The van der Waals surface area contributed by atoms with E-state index in [0.717, 1.165) is 28.8 Å². The third-order valence-electron chi connectivity index (χ3n) is 3.97. The van der Waals surface area contributed by atoms with Crippen LogP contribution in [0.15, 0.2) is 39.4 Å². The second-order valence-electron chi connectivity index (χ2n) is 5.54. The van der Waals surface area contributed by atoms with Crippen LogP contribution < -0.4 is 0 Å². The van der Waals surface area contributed by atoms with Crippen molar-refractivity contribution in [3.05, 3.63) is 40.7 Å². The van der Waals surface area contributed by atoms with Crippen LogP contribution in [-0.2, 0) is 11.3 Å². The SMILES string of the molecule is Cl.O=C(O)C1CCN(Cc2coc(-c3ccc(Br)cc3)n2)CC1. The third-order valence-corrected chi connectivity index (χ3v) is 4.49. The molecular formula is C16H18BrClN2O3. The number of carboxylic acids is 1. The lowest BCUT2D eigenvalue weighted by Crippen LogP contribution is -2.35. The fraction of sp³-hybridized carbons (Fsp3) is 0.375. The van der Waals surface area contributed by atoms with Crippen LogP contribution in [0.4, 0.5) is 0 Å². The number of rotatable bonds is 4. The van der Waals surface area contributed by atoms with Crippen molar-refractivity contribution in [3.8, 4) is 11.5 Å². The van der Waals surface area contributed by atoms with E-state index in [1.807, 2.05) is 24.3 Å². The summed E-state index contributed by atoms with van der Waals surface area (Å²) < 4.78 is 6.56. The van der Waals surface area contributed by atoms with Crippen LogP contribution in [0.25, 0.3) is 11.5 Å². The van der Waals surface area contributed by atoms with E-state index < -0.39 is 5.97 Å². The number of nitrogens with zero attached hydrogens (tertiary/aromatic N) is 2. The van der Waals surface area contributed by atoms with Gasteiger partial charge in [-0.3, -0.25) is 9.69 Å². The van der Waals surface area contributed by atoms with Gasteiger partial charge in [-0.2, -0.15) is 0 Å². The quantitative estimate of drug-likeness (QED) is 0.843. The molecule has 7 heteroatoms. The minimum atomic E-state index is -0.682. The van der Waals surface area contributed by atoms with Crippen LogP contribution in [0.3, 0.4) is 0 Å². The van der Waals surface area contributed by atoms with Gasteiger partial charge in [0.1, 0.15) is 6.26 Å². The zero-order valence-corrected chi connectivity index (χ0v) is 14.8. The number of benzene rings is 1.